The molecule has 1 amide bonds. The Hall–Kier alpha value is -5.94. The molecule has 2 aliphatic heterocycles. The Morgan fingerprint density at radius 1 is 0.985 bits per heavy atom. The van der Waals surface area contributed by atoms with Crippen LogP contribution in [0.3, 0.4) is 0 Å². The summed E-state index contributed by atoms with van der Waals surface area (Å²) in [6.45, 7) is 17.6. The highest BCUT2D eigenvalue weighted by Crippen LogP contribution is 2.47. The first-order valence-corrected chi connectivity index (χ1v) is 24.2. The van der Waals surface area contributed by atoms with Gasteiger partial charge in [0.25, 0.3) is 8.53 Å². The summed E-state index contributed by atoms with van der Waals surface area (Å²) in [7, 11) is 1.69. The highest BCUT2D eigenvalue weighted by Gasteiger charge is 2.43. The minimum Gasteiger partial charge on any atom is -0.497 e. The zero-order valence-electron chi connectivity index (χ0n) is 40.4. The third kappa shape index (κ3) is 12.0. The highest BCUT2D eigenvalue weighted by atomic mass is 31.2. The van der Waals surface area contributed by atoms with E-state index in [0.717, 1.165) is 29.7 Å². The molecule has 1 aliphatic carbocycles. The van der Waals surface area contributed by atoms with E-state index in [4.69, 9.17) is 37.4 Å². The monoisotopic (exact) mass is 946 g/mol. The summed E-state index contributed by atoms with van der Waals surface area (Å²) in [5.74, 6) is 1.37. The molecular formula is C53H63N4O10P. The Morgan fingerprint density at radius 3 is 2.22 bits per heavy atom. The Kier molecular flexibility index (Phi) is 17.7. The number of carbonyl (C=O) groups excluding carboxylic acids is 2. The molecule has 68 heavy (non-hydrogen) atoms. The number of amides is 1. The number of benzene rings is 4. The number of allylic oxidation sites excluding steroid dienone is 1. The normalized spacial score (nSPS) is 15.9. The molecule has 0 aromatic heterocycles. The molecule has 3 aromatic rings. The van der Waals surface area contributed by atoms with Crippen molar-refractivity contribution in [2.75, 3.05) is 47.1 Å². The fraction of sp³-hybridized carbons (Fsp3) is 0.415. The molecule has 1 saturated heterocycles. The van der Waals surface area contributed by atoms with Crippen molar-refractivity contribution >= 4 is 31.5 Å². The summed E-state index contributed by atoms with van der Waals surface area (Å²) < 4.78 is 45.1. The number of carbonyl (C=O) groups is 2. The lowest BCUT2D eigenvalue weighted by Gasteiger charge is -2.38. The number of aromatic nitrogens is 1. The molecule has 3 aromatic carbocycles. The standard InChI is InChI=1S/C53H63N4O10P/c1-10-28-56(13-4)68(64-29-14-27-54)67-44-31-40(35-63-53(37(11-2)12-3,38-16-20-41(61-8)21-17-38)39-18-22-42(62-9)23-19-39)57(34-44)50(59)26-15-36-30-46-49(33-47(36)58)66-48-32-43(24-25-45(48)55-46)65-51(60)52(5,6)7/h11-12,16-25,30,32-33,40,44H,2,10,13-15,26,28-29,31,34-35H2,1,3-9H3/t40-,44+,68?/m0/s1. The summed E-state index contributed by atoms with van der Waals surface area (Å²) in [6, 6.07) is 25.1. The summed E-state index contributed by atoms with van der Waals surface area (Å²) in [6.07, 6.45) is 5.05. The van der Waals surface area contributed by atoms with Crippen LogP contribution in [-0.4, -0.2) is 85.6 Å². The van der Waals surface area contributed by atoms with Gasteiger partial charge in [0, 0.05) is 43.8 Å². The minimum atomic E-state index is -1.55. The molecule has 3 atom stereocenters. The van der Waals surface area contributed by atoms with Gasteiger partial charge in [-0.25, -0.2) is 9.65 Å². The highest BCUT2D eigenvalue weighted by molar-refractivity contribution is 7.44. The lowest BCUT2D eigenvalue weighted by Crippen LogP contribution is -2.42. The molecule has 6 rings (SSSR count). The topological polar surface area (TPSA) is 163 Å². The Morgan fingerprint density at radius 2 is 1.65 bits per heavy atom. The Balaban J connectivity index is 1.32. The van der Waals surface area contributed by atoms with Crippen molar-refractivity contribution in [3.8, 4) is 34.8 Å². The number of aryl methyl sites for hydroxylation is 1. The SMILES string of the molecule is C=CC(=CC)C(OC[C@@H]1C[C@@H](OP(OCCC#N)N(CC)CCC)CN1C(=O)CCc1cc2nc3ccc(OC(=O)C(C)(C)C)cc3oc-2cc1=O)(c1ccc(OC)cc1)c1ccc(OC)cc1. The van der Waals surface area contributed by atoms with E-state index in [1.807, 2.05) is 68.5 Å². The molecule has 1 fully saturated rings. The van der Waals surface area contributed by atoms with Gasteiger partial charge in [0.15, 0.2) is 16.8 Å². The van der Waals surface area contributed by atoms with Gasteiger partial charge in [-0.05, 0) is 106 Å². The van der Waals surface area contributed by atoms with E-state index in [9.17, 15) is 19.6 Å². The van der Waals surface area contributed by atoms with Crippen LogP contribution < -0.4 is 19.6 Å². The second-order valence-corrected chi connectivity index (χ2v) is 19.0. The largest absolute Gasteiger partial charge is 0.497 e. The van der Waals surface area contributed by atoms with Crippen molar-refractivity contribution in [1.82, 2.24) is 14.6 Å². The zero-order chi connectivity index (χ0) is 49.0. The van der Waals surface area contributed by atoms with Gasteiger partial charge < -0.3 is 37.3 Å². The van der Waals surface area contributed by atoms with Gasteiger partial charge >= 0.3 is 5.97 Å². The predicted octanol–water partition coefficient (Wildman–Crippen LogP) is 10.2. The van der Waals surface area contributed by atoms with Gasteiger partial charge in [0.2, 0.25) is 5.91 Å². The van der Waals surface area contributed by atoms with Crippen LogP contribution in [0.25, 0.3) is 22.6 Å². The average molecular weight is 947 g/mol. The summed E-state index contributed by atoms with van der Waals surface area (Å²) in [4.78, 5) is 47.3. The van der Waals surface area contributed by atoms with E-state index in [1.54, 1.807) is 70.2 Å². The van der Waals surface area contributed by atoms with Crippen LogP contribution in [0.5, 0.6) is 17.2 Å². The van der Waals surface area contributed by atoms with Gasteiger partial charge in [-0.1, -0.05) is 56.8 Å². The number of rotatable bonds is 22. The van der Waals surface area contributed by atoms with Crippen molar-refractivity contribution in [3.05, 3.63) is 130 Å². The summed E-state index contributed by atoms with van der Waals surface area (Å²) in [5, 5.41) is 9.31. The number of hydrogen-bond donors (Lipinski definition) is 0. The maximum Gasteiger partial charge on any atom is 0.316 e. The third-order valence-corrected chi connectivity index (χ3v) is 13.6. The molecule has 360 valence electrons. The molecule has 2 heterocycles. The second-order valence-electron chi connectivity index (χ2n) is 17.5. The van der Waals surface area contributed by atoms with E-state index in [0.29, 0.717) is 52.6 Å². The second kappa shape index (κ2) is 23.4. The van der Waals surface area contributed by atoms with E-state index in [2.05, 4.69) is 24.2 Å². The van der Waals surface area contributed by atoms with E-state index < -0.39 is 37.7 Å². The molecule has 3 aliphatic rings. The number of likely N-dealkylation sites (tertiary alicyclic amines) is 1. The zero-order valence-corrected chi connectivity index (χ0v) is 41.3. The molecule has 1 unspecified atom stereocenters. The van der Waals surface area contributed by atoms with Crippen LogP contribution in [0.4, 0.5) is 0 Å². The summed E-state index contributed by atoms with van der Waals surface area (Å²) >= 11 is 0. The van der Waals surface area contributed by atoms with Gasteiger partial charge in [-0.2, -0.15) is 5.26 Å². The minimum absolute atomic E-state index is 0.0242. The van der Waals surface area contributed by atoms with Crippen molar-refractivity contribution in [1.29, 1.82) is 5.26 Å². The molecule has 15 heteroatoms. The van der Waals surface area contributed by atoms with E-state index >= 15 is 0 Å². The smallest absolute Gasteiger partial charge is 0.316 e. The van der Waals surface area contributed by atoms with Crippen LogP contribution in [0, 0.1) is 16.7 Å². The lowest BCUT2D eigenvalue weighted by atomic mass is 9.79. The first kappa shape index (κ1) is 51.5. The first-order valence-electron chi connectivity index (χ1n) is 23.0. The lowest BCUT2D eigenvalue weighted by molar-refractivity contribution is -0.143. The first-order chi connectivity index (χ1) is 32.7. The van der Waals surface area contributed by atoms with Crippen molar-refractivity contribution in [2.24, 2.45) is 5.41 Å². The van der Waals surface area contributed by atoms with E-state index in [-0.39, 0.29) is 56.1 Å². The number of nitriles is 1. The predicted molar refractivity (Wildman–Crippen MR) is 263 cm³/mol. The van der Waals surface area contributed by atoms with Gasteiger partial charge in [0.1, 0.15) is 34.1 Å². The number of esters is 1. The molecule has 0 bridgehead atoms. The van der Waals surface area contributed by atoms with Crippen molar-refractivity contribution in [3.63, 3.8) is 0 Å². The fourth-order valence-electron chi connectivity index (χ4n) is 8.17. The number of fused-ring (bicyclic) bond motifs is 2. The Bertz CT molecular complexity index is 2570. The van der Waals surface area contributed by atoms with Crippen molar-refractivity contribution < 1.29 is 42.0 Å². The molecule has 0 spiro atoms. The summed E-state index contributed by atoms with van der Waals surface area (Å²) in [5.41, 5.74) is 2.00. The van der Waals surface area contributed by atoms with Crippen LogP contribution in [0.2, 0.25) is 0 Å². The maximum absolute atomic E-state index is 14.7. The molecule has 0 saturated carbocycles. The third-order valence-electron chi connectivity index (χ3n) is 11.8. The Labute approximate surface area is 400 Å². The van der Waals surface area contributed by atoms with Gasteiger partial charge in [0.05, 0.1) is 57.5 Å². The molecule has 0 N–H and O–H groups in total. The number of ether oxygens (including phenoxy) is 4. The van der Waals surface area contributed by atoms with Crippen LogP contribution >= 0.6 is 8.53 Å². The number of methoxy groups -OCH3 is 2. The van der Waals surface area contributed by atoms with Gasteiger partial charge in [-0.15, -0.1) is 0 Å². The fourth-order valence-corrected chi connectivity index (χ4v) is 9.78. The van der Waals surface area contributed by atoms with Crippen molar-refractivity contribution in [2.45, 2.75) is 91.4 Å². The number of hydrogen-bond acceptors (Lipinski definition) is 13. The van der Waals surface area contributed by atoms with Gasteiger partial charge in [-0.3, -0.25) is 14.4 Å². The van der Waals surface area contributed by atoms with Crippen LogP contribution in [-0.2, 0) is 35.4 Å². The van der Waals surface area contributed by atoms with Crippen LogP contribution in [0.1, 0.15) is 83.9 Å². The molecule has 14 nitrogen and oxygen atoms in total. The maximum atomic E-state index is 14.7. The van der Waals surface area contributed by atoms with Crippen LogP contribution in [0.15, 0.2) is 112 Å². The van der Waals surface area contributed by atoms with E-state index in [1.165, 1.54) is 6.07 Å². The average Bonchev–Trinajstić information content (AvgIpc) is 3.75. The molecule has 0 radical (unpaired) electrons. The molecular weight excluding hydrogens is 884 g/mol. The number of nitrogens with zero attached hydrogens (tertiary/aromatic N) is 4. The quantitative estimate of drug-likeness (QED) is 0.0161.